The van der Waals surface area contributed by atoms with Crippen LogP contribution in [0.5, 0.6) is 0 Å². The summed E-state index contributed by atoms with van der Waals surface area (Å²) < 4.78 is 26.3. The van der Waals surface area contributed by atoms with E-state index in [4.69, 9.17) is 19.3 Å². The third-order valence-electron chi connectivity index (χ3n) is 7.74. The topological polar surface area (TPSA) is 119 Å². The Kier molecular flexibility index (Phi) is 33.9. The van der Waals surface area contributed by atoms with Crippen LogP contribution in [-0.4, -0.2) is 41.0 Å². The van der Waals surface area contributed by atoms with Crippen molar-refractivity contribution in [3.05, 3.63) is 60.8 Å². The van der Waals surface area contributed by atoms with Crippen LogP contribution in [0.3, 0.4) is 0 Å². The molecule has 8 nitrogen and oxygen atoms in total. The Hall–Kier alpha value is -2.25. The molecule has 0 radical (unpaired) electrons. The number of carbonyl (C=O) groups is 2. The maximum atomic E-state index is 12.4. The number of ether oxygens (including phenoxy) is 2. The number of unbranched alkanes of at least 4 members (excludes halogenated alkanes) is 14. The van der Waals surface area contributed by atoms with Gasteiger partial charge < -0.3 is 19.3 Å². The van der Waals surface area contributed by atoms with Gasteiger partial charge in [0.15, 0.2) is 6.10 Å². The molecule has 0 unspecified atom stereocenters. The normalized spacial score (nSPS) is 13.1. The molecule has 2 N–H and O–H groups in total. The van der Waals surface area contributed by atoms with Crippen LogP contribution in [0.1, 0.15) is 162 Å². The van der Waals surface area contributed by atoms with Crippen molar-refractivity contribution in [3.63, 3.8) is 0 Å². The van der Waals surface area contributed by atoms with Crippen molar-refractivity contribution in [1.82, 2.24) is 0 Å². The highest BCUT2D eigenvalue weighted by atomic mass is 31.2. The lowest BCUT2D eigenvalue weighted by atomic mass is 10.1. The second-order valence-electron chi connectivity index (χ2n) is 12.5. The number of hydrogen-bond acceptors (Lipinski definition) is 6. The van der Waals surface area contributed by atoms with Gasteiger partial charge in [-0.2, -0.15) is 0 Å². The molecule has 0 rings (SSSR count). The van der Waals surface area contributed by atoms with Crippen molar-refractivity contribution in [2.45, 2.75) is 168 Å². The monoisotopic (exact) mass is 708 g/mol. The molecule has 0 aromatic heterocycles. The molecular weight excluding hydrogens is 639 g/mol. The van der Waals surface area contributed by atoms with Gasteiger partial charge in [0, 0.05) is 12.8 Å². The van der Waals surface area contributed by atoms with Gasteiger partial charge in [0.1, 0.15) is 6.61 Å². The number of allylic oxidation sites excluding steroid dienone is 10. The SMILES string of the molecule is CCC/C=C/C/C=C/C/C=C/C/C=C/CCCCCC(=O)OC[C@H](COP(=O)(O)O)OC(=O)CCCCCCC/C=C/CCCCCCC. The van der Waals surface area contributed by atoms with E-state index in [2.05, 4.69) is 79.1 Å². The first-order valence-corrected chi connectivity index (χ1v) is 20.6. The summed E-state index contributed by atoms with van der Waals surface area (Å²) in [6.07, 6.45) is 43.6. The highest BCUT2D eigenvalue weighted by Gasteiger charge is 2.22. The van der Waals surface area contributed by atoms with Crippen LogP contribution in [0.2, 0.25) is 0 Å². The molecule has 0 amide bonds. The summed E-state index contributed by atoms with van der Waals surface area (Å²) in [7, 11) is -4.76. The van der Waals surface area contributed by atoms with Gasteiger partial charge in [-0.15, -0.1) is 0 Å². The minimum atomic E-state index is -4.76. The number of esters is 2. The van der Waals surface area contributed by atoms with E-state index in [1.165, 1.54) is 44.9 Å². The number of carbonyl (C=O) groups excluding carboxylic acids is 2. The lowest BCUT2D eigenvalue weighted by Gasteiger charge is -2.18. The average molecular weight is 709 g/mol. The molecule has 0 saturated heterocycles. The van der Waals surface area contributed by atoms with Crippen molar-refractivity contribution in [3.8, 4) is 0 Å². The van der Waals surface area contributed by atoms with Gasteiger partial charge in [0.05, 0.1) is 6.61 Å². The highest BCUT2D eigenvalue weighted by molar-refractivity contribution is 7.46. The summed E-state index contributed by atoms with van der Waals surface area (Å²) in [4.78, 5) is 42.7. The van der Waals surface area contributed by atoms with Gasteiger partial charge in [-0.3, -0.25) is 14.1 Å². The van der Waals surface area contributed by atoms with E-state index < -0.39 is 32.5 Å². The summed E-state index contributed by atoms with van der Waals surface area (Å²) in [5, 5.41) is 0. The molecule has 0 aromatic carbocycles. The highest BCUT2D eigenvalue weighted by Crippen LogP contribution is 2.36. The van der Waals surface area contributed by atoms with Crippen molar-refractivity contribution >= 4 is 19.8 Å². The Labute approximate surface area is 298 Å². The molecule has 1 atom stereocenters. The molecule has 0 aromatic rings. The second kappa shape index (κ2) is 35.6. The van der Waals surface area contributed by atoms with E-state index in [-0.39, 0.29) is 19.4 Å². The summed E-state index contributed by atoms with van der Waals surface area (Å²) in [5.41, 5.74) is 0. The van der Waals surface area contributed by atoms with Crippen LogP contribution in [0.15, 0.2) is 60.8 Å². The van der Waals surface area contributed by atoms with Crippen LogP contribution >= 0.6 is 7.82 Å². The summed E-state index contributed by atoms with van der Waals surface area (Å²) in [5.74, 6) is -0.936. The van der Waals surface area contributed by atoms with E-state index in [0.717, 1.165) is 77.0 Å². The molecule has 0 saturated carbocycles. The minimum absolute atomic E-state index is 0.192. The third-order valence-corrected chi connectivity index (χ3v) is 8.23. The zero-order chi connectivity index (χ0) is 36.1. The number of hydrogen-bond donors (Lipinski definition) is 2. The zero-order valence-corrected chi connectivity index (χ0v) is 31.7. The smallest absolute Gasteiger partial charge is 0.462 e. The predicted octanol–water partition coefficient (Wildman–Crippen LogP) is 11.3. The Bertz CT molecular complexity index is 979. The first-order valence-electron chi connectivity index (χ1n) is 19.1. The molecule has 49 heavy (non-hydrogen) atoms. The van der Waals surface area contributed by atoms with Gasteiger partial charge in [-0.05, 0) is 77.0 Å². The Balaban J connectivity index is 4.05. The minimum Gasteiger partial charge on any atom is -0.462 e. The van der Waals surface area contributed by atoms with Crippen LogP contribution in [0.4, 0.5) is 0 Å². The van der Waals surface area contributed by atoms with E-state index in [1.54, 1.807) is 0 Å². The van der Waals surface area contributed by atoms with Crippen LogP contribution < -0.4 is 0 Å². The van der Waals surface area contributed by atoms with E-state index in [0.29, 0.717) is 12.8 Å². The third kappa shape index (κ3) is 38.4. The zero-order valence-electron chi connectivity index (χ0n) is 30.8. The Morgan fingerprint density at radius 1 is 0.531 bits per heavy atom. The molecule has 0 aliphatic carbocycles. The van der Waals surface area contributed by atoms with Gasteiger partial charge in [-0.25, -0.2) is 4.57 Å². The molecule has 0 aliphatic heterocycles. The van der Waals surface area contributed by atoms with Gasteiger partial charge in [0.2, 0.25) is 0 Å². The van der Waals surface area contributed by atoms with Crippen LogP contribution in [0.25, 0.3) is 0 Å². The van der Waals surface area contributed by atoms with Gasteiger partial charge in [0.25, 0.3) is 0 Å². The fraction of sp³-hybridized carbons (Fsp3) is 0.700. The Morgan fingerprint density at radius 2 is 0.959 bits per heavy atom. The van der Waals surface area contributed by atoms with Crippen molar-refractivity contribution in [1.29, 1.82) is 0 Å². The van der Waals surface area contributed by atoms with E-state index >= 15 is 0 Å². The van der Waals surface area contributed by atoms with Crippen LogP contribution in [-0.2, 0) is 28.2 Å². The molecule has 0 aliphatic rings. The van der Waals surface area contributed by atoms with Gasteiger partial charge >= 0.3 is 19.8 Å². The Morgan fingerprint density at radius 3 is 1.49 bits per heavy atom. The van der Waals surface area contributed by atoms with Crippen molar-refractivity contribution < 1.29 is 37.9 Å². The second-order valence-corrected chi connectivity index (χ2v) is 13.8. The fourth-order valence-electron chi connectivity index (χ4n) is 4.89. The van der Waals surface area contributed by atoms with Crippen LogP contribution in [0, 0.1) is 0 Å². The summed E-state index contributed by atoms with van der Waals surface area (Å²) in [6.45, 7) is 3.55. The largest absolute Gasteiger partial charge is 0.469 e. The lowest BCUT2D eigenvalue weighted by Crippen LogP contribution is -2.29. The van der Waals surface area contributed by atoms with E-state index in [9.17, 15) is 14.2 Å². The number of rotatable bonds is 34. The molecule has 9 heteroatoms. The predicted molar refractivity (Wildman–Crippen MR) is 202 cm³/mol. The molecule has 0 heterocycles. The first kappa shape index (κ1) is 46.8. The molecule has 0 fully saturated rings. The fourth-order valence-corrected chi connectivity index (χ4v) is 5.25. The standard InChI is InChI=1S/C40H69O8P/c1-3-5-7-9-11-13-15-17-19-20-21-23-24-26-28-30-32-34-39(41)46-36-38(37-47-49(43,44)45)48-40(42)35-33-31-29-27-25-22-18-16-14-12-10-8-6-4-2/h7,9,13,15-16,18-20,23-24,38H,3-6,8,10-12,14,17,21-22,25-37H2,1-2H3,(H2,43,44,45)/b9-7+,15-13+,18-16+,20-19+,24-23+/t38-/m1/s1. The molecule has 282 valence electrons. The summed E-state index contributed by atoms with van der Waals surface area (Å²) in [6, 6.07) is 0. The molecule has 0 spiro atoms. The number of phosphoric acid groups is 1. The average Bonchev–Trinajstić information content (AvgIpc) is 3.07. The summed E-state index contributed by atoms with van der Waals surface area (Å²) >= 11 is 0. The quantitative estimate of drug-likeness (QED) is 0.0293. The maximum absolute atomic E-state index is 12.4. The van der Waals surface area contributed by atoms with E-state index in [1.807, 2.05) is 0 Å². The van der Waals surface area contributed by atoms with Crippen molar-refractivity contribution in [2.24, 2.45) is 0 Å². The first-order chi connectivity index (χ1) is 23.8. The molecular formula is C40H69O8P. The van der Waals surface area contributed by atoms with Gasteiger partial charge in [-0.1, -0.05) is 132 Å². The lowest BCUT2D eigenvalue weighted by molar-refractivity contribution is -0.161. The maximum Gasteiger partial charge on any atom is 0.469 e. The van der Waals surface area contributed by atoms with Crippen molar-refractivity contribution in [2.75, 3.05) is 13.2 Å². The number of phosphoric ester groups is 1. The molecule has 0 bridgehead atoms.